The summed E-state index contributed by atoms with van der Waals surface area (Å²) in [6, 6.07) is 0. The molecule has 0 atom stereocenters. The summed E-state index contributed by atoms with van der Waals surface area (Å²) < 4.78 is 0. The number of allylic oxidation sites excluding steroid dienone is 1. The molecule has 0 aromatic heterocycles. The molecule has 0 heterocycles. The molecule has 5 heavy (non-hydrogen) atoms. The van der Waals surface area contributed by atoms with Crippen LogP contribution in [0.4, 0.5) is 0 Å². The van der Waals surface area contributed by atoms with Gasteiger partial charge in [-0.25, -0.2) is 0 Å². The highest BCUT2D eigenvalue weighted by molar-refractivity contribution is 9.09. The molecule has 0 aliphatic heterocycles. The summed E-state index contributed by atoms with van der Waals surface area (Å²) >= 11 is 3.13. The monoisotopic (exact) mass is 138 g/mol. The fourth-order valence-electron chi connectivity index (χ4n) is 0. The van der Waals surface area contributed by atoms with Gasteiger partial charge in [-0.3, -0.25) is 0 Å². The molecule has 0 saturated heterocycles. The van der Waals surface area contributed by atoms with Gasteiger partial charge >= 0.3 is 0 Å². The Kier molecular flexibility index (Phi) is 15.9. The third-order valence-corrected chi connectivity index (χ3v) is 0.567. The standard InChI is InChI=1S/C3H5Br.H2O/c1-2-3-4;/h2H,1,3H2;1H2. The summed E-state index contributed by atoms with van der Waals surface area (Å²) in [5, 5.41) is 0.896. The van der Waals surface area contributed by atoms with E-state index < -0.39 is 0 Å². The molecule has 0 saturated carbocycles. The summed E-state index contributed by atoms with van der Waals surface area (Å²) in [6.45, 7) is 3.43. The van der Waals surface area contributed by atoms with E-state index >= 15 is 0 Å². The highest BCUT2D eigenvalue weighted by Gasteiger charge is 1.47. The Morgan fingerprint density at radius 2 is 2.00 bits per heavy atom. The van der Waals surface area contributed by atoms with Gasteiger partial charge in [0.25, 0.3) is 0 Å². The van der Waals surface area contributed by atoms with Crippen molar-refractivity contribution in [1.29, 1.82) is 0 Å². The van der Waals surface area contributed by atoms with Crippen molar-refractivity contribution in [2.45, 2.75) is 0 Å². The number of hydrogen-bond donors (Lipinski definition) is 0. The van der Waals surface area contributed by atoms with E-state index in [9.17, 15) is 0 Å². The van der Waals surface area contributed by atoms with Crippen molar-refractivity contribution < 1.29 is 5.48 Å². The molecule has 0 rings (SSSR count). The molecule has 0 radical (unpaired) electrons. The maximum Gasteiger partial charge on any atom is 0.0209 e. The fraction of sp³-hybridized carbons (Fsp3) is 0.333. The molecule has 2 heteroatoms. The Labute approximate surface area is 40.1 Å². The number of hydrogen-bond acceptors (Lipinski definition) is 0. The topological polar surface area (TPSA) is 31.5 Å². The molecule has 32 valence electrons. The van der Waals surface area contributed by atoms with Crippen LogP contribution < -0.4 is 0 Å². The lowest BCUT2D eigenvalue weighted by molar-refractivity contribution is 0.824. The normalized spacial score (nSPS) is 5.00. The highest BCUT2D eigenvalue weighted by atomic mass is 79.9. The molecule has 0 spiro atoms. The SMILES string of the molecule is C=CCBr.O. The molecule has 2 N–H and O–H groups in total. The second-order valence-electron chi connectivity index (χ2n) is 0.443. The van der Waals surface area contributed by atoms with Gasteiger partial charge in [-0.15, -0.1) is 6.58 Å². The number of rotatable bonds is 1. The van der Waals surface area contributed by atoms with Crippen LogP contribution in [-0.2, 0) is 0 Å². The van der Waals surface area contributed by atoms with Crippen LogP contribution in [0, 0.1) is 0 Å². The van der Waals surface area contributed by atoms with Gasteiger partial charge in [0, 0.05) is 5.33 Å². The van der Waals surface area contributed by atoms with Gasteiger partial charge in [0.1, 0.15) is 0 Å². The molecule has 0 aliphatic rings. The second kappa shape index (κ2) is 8.89. The Bertz CT molecular complexity index is 20.9. The van der Waals surface area contributed by atoms with Crippen LogP contribution in [0.2, 0.25) is 0 Å². The van der Waals surface area contributed by atoms with E-state index in [1.54, 1.807) is 6.08 Å². The molecule has 0 aliphatic carbocycles. The van der Waals surface area contributed by atoms with Crippen LogP contribution in [0.1, 0.15) is 0 Å². The minimum atomic E-state index is 0. The molecule has 0 unspecified atom stereocenters. The molecular formula is C3H7BrO. The molecule has 0 amide bonds. The molecule has 1 nitrogen and oxygen atoms in total. The van der Waals surface area contributed by atoms with Gasteiger partial charge in [-0.2, -0.15) is 0 Å². The Morgan fingerprint density at radius 3 is 2.00 bits per heavy atom. The largest absolute Gasteiger partial charge is 0.412 e. The zero-order valence-corrected chi connectivity index (χ0v) is 4.46. The fourth-order valence-corrected chi connectivity index (χ4v) is 0. The van der Waals surface area contributed by atoms with E-state index in [0.717, 1.165) is 5.33 Å². The van der Waals surface area contributed by atoms with Crippen LogP contribution in [0.5, 0.6) is 0 Å². The van der Waals surface area contributed by atoms with Gasteiger partial charge < -0.3 is 5.48 Å². The van der Waals surface area contributed by atoms with E-state index in [1.807, 2.05) is 0 Å². The smallest absolute Gasteiger partial charge is 0.0209 e. The van der Waals surface area contributed by atoms with Crippen molar-refractivity contribution in [3.8, 4) is 0 Å². The Balaban J connectivity index is 0. The van der Waals surface area contributed by atoms with Crippen molar-refractivity contribution in [1.82, 2.24) is 0 Å². The zero-order chi connectivity index (χ0) is 3.41. The van der Waals surface area contributed by atoms with Crippen molar-refractivity contribution in [2.24, 2.45) is 0 Å². The quantitative estimate of drug-likeness (QED) is 0.379. The van der Waals surface area contributed by atoms with E-state index in [4.69, 9.17) is 0 Å². The van der Waals surface area contributed by atoms with E-state index in [0.29, 0.717) is 0 Å². The van der Waals surface area contributed by atoms with Gasteiger partial charge in [-0.1, -0.05) is 22.0 Å². The summed E-state index contributed by atoms with van der Waals surface area (Å²) in [5.41, 5.74) is 0. The van der Waals surface area contributed by atoms with Crippen molar-refractivity contribution in [2.75, 3.05) is 5.33 Å². The van der Waals surface area contributed by atoms with Crippen LogP contribution in [0.3, 0.4) is 0 Å². The number of alkyl halides is 1. The third kappa shape index (κ3) is 14.3. The molecule has 0 aromatic carbocycles. The predicted molar refractivity (Wildman–Crippen MR) is 27.6 cm³/mol. The average molecular weight is 139 g/mol. The van der Waals surface area contributed by atoms with Crippen LogP contribution in [0.15, 0.2) is 12.7 Å². The first-order valence-electron chi connectivity index (χ1n) is 1.08. The minimum absolute atomic E-state index is 0. The summed E-state index contributed by atoms with van der Waals surface area (Å²) in [5.74, 6) is 0. The molecular weight excluding hydrogens is 132 g/mol. The van der Waals surface area contributed by atoms with Gasteiger partial charge in [0.05, 0.1) is 0 Å². The first-order chi connectivity index (χ1) is 1.91. The first kappa shape index (κ1) is 8.95. The van der Waals surface area contributed by atoms with Gasteiger partial charge in [0.2, 0.25) is 0 Å². The lowest BCUT2D eigenvalue weighted by Gasteiger charge is -1.55. The average Bonchev–Trinajstić information content (AvgIpc) is 1.37. The summed E-state index contributed by atoms with van der Waals surface area (Å²) in [6.07, 6.45) is 1.79. The van der Waals surface area contributed by atoms with Crippen molar-refractivity contribution in [3.63, 3.8) is 0 Å². The summed E-state index contributed by atoms with van der Waals surface area (Å²) in [4.78, 5) is 0. The predicted octanol–water partition coefficient (Wildman–Crippen LogP) is 0.743. The molecule has 0 aromatic rings. The lowest BCUT2D eigenvalue weighted by atomic mass is 10.8. The first-order valence-corrected chi connectivity index (χ1v) is 2.21. The van der Waals surface area contributed by atoms with Gasteiger partial charge in [0.15, 0.2) is 0 Å². The molecule has 0 bridgehead atoms. The minimum Gasteiger partial charge on any atom is -0.412 e. The maximum atomic E-state index is 3.43. The maximum absolute atomic E-state index is 3.43. The Morgan fingerprint density at radius 1 is 1.80 bits per heavy atom. The second-order valence-corrected chi connectivity index (χ2v) is 1.09. The van der Waals surface area contributed by atoms with E-state index in [1.165, 1.54) is 0 Å². The van der Waals surface area contributed by atoms with Crippen LogP contribution in [0.25, 0.3) is 0 Å². The molecule has 0 fully saturated rings. The van der Waals surface area contributed by atoms with Crippen molar-refractivity contribution >= 4 is 15.9 Å². The third-order valence-electron chi connectivity index (χ3n) is 0.109. The van der Waals surface area contributed by atoms with Crippen LogP contribution >= 0.6 is 15.9 Å². The van der Waals surface area contributed by atoms with Gasteiger partial charge in [-0.05, 0) is 0 Å². The lowest BCUT2D eigenvalue weighted by Crippen LogP contribution is -1.43. The van der Waals surface area contributed by atoms with E-state index in [2.05, 4.69) is 22.5 Å². The number of halogens is 1. The highest BCUT2D eigenvalue weighted by Crippen LogP contribution is 1.73. The summed E-state index contributed by atoms with van der Waals surface area (Å²) in [7, 11) is 0. The van der Waals surface area contributed by atoms with Crippen molar-refractivity contribution in [3.05, 3.63) is 12.7 Å². The Hall–Kier alpha value is 0.180. The zero-order valence-electron chi connectivity index (χ0n) is 2.87. The van der Waals surface area contributed by atoms with E-state index in [-0.39, 0.29) is 5.48 Å². The van der Waals surface area contributed by atoms with Crippen LogP contribution in [-0.4, -0.2) is 10.8 Å².